The maximum atomic E-state index is 12.1. The summed E-state index contributed by atoms with van der Waals surface area (Å²) in [5.41, 5.74) is 3.36. The first kappa shape index (κ1) is 12.3. The Kier molecular flexibility index (Phi) is 3.97. The van der Waals surface area contributed by atoms with E-state index in [2.05, 4.69) is 9.97 Å². The number of H-pyrrole nitrogens is 1. The largest absolute Gasteiger partial charge is 0.390 e. The van der Waals surface area contributed by atoms with Gasteiger partial charge in [0, 0.05) is 5.69 Å². The summed E-state index contributed by atoms with van der Waals surface area (Å²) in [6.07, 6.45) is 2.09. The van der Waals surface area contributed by atoms with Crippen molar-refractivity contribution in [3.63, 3.8) is 0 Å². The second kappa shape index (κ2) is 5.47. The Labute approximate surface area is 104 Å². The van der Waals surface area contributed by atoms with Gasteiger partial charge in [0.1, 0.15) is 5.15 Å². The Morgan fingerprint density at radius 1 is 1.35 bits per heavy atom. The number of aromatic nitrogens is 2. The molecule has 92 valence electrons. The fourth-order valence-electron chi connectivity index (χ4n) is 1.89. The number of hydrogen-bond donors (Lipinski definition) is 2. The third-order valence-corrected chi connectivity index (χ3v) is 2.89. The number of halogens is 2. The Morgan fingerprint density at radius 3 is 2.88 bits per heavy atom. The lowest BCUT2D eigenvalue weighted by molar-refractivity contribution is 0.278. The highest BCUT2D eigenvalue weighted by Crippen LogP contribution is 2.23. The van der Waals surface area contributed by atoms with E-state index in [9.17, 15) is 4.39 Å². The number of alkyl halides is 1. The summed E-state index contributed by atoms with van der Waals surface area (Å²) in [6, 6.07) is 3.57. The molecule has 0 aliphatic rings. The quantitative estimate of drug-likeness (QED) is 0.638. The van der Waals surface area contributed by atoms with Crippen molar-refractivity contribution in [2.75, 3.05) is 6.67 Å². The van der Waals surface area contributed by atoms with Gasteiger partial charge in [-0.15, -0.1) is 0 Å². The summed E-state index contributed by atoms with van der Waals surface area (Å²) < 4.78 is 12.1. The van der Waals surface area contributed by atoms with Gasteiger partial charge in [-0.2, -0.15) is 0 Å². The molecule has 2 aromatic rings. The number of pyridine rings is 1. The predicted molar refractivity (Wildman–Crippen MR) is 65.9 cm³/mol. The Hall–Kier alpha value is -1.13. The van der Waals surface area contributed by atoms with Crippen molar-refractivity contribution in [3.05, 3.63) is 28.5 Å². The first-order chi connectivity index (χ1) is 8.24. The Bertz CT molecular complexity index is 512. The van der Waals surface area contributed by atoms with Gasteiger partial charge in [-0.25, -0.2) is 4.98 Å². The zero-order chi connectivity index (χ0) is 12.3. The van der Waals surface area contributed by atoms with Crippen LogP contribution < -0.4 is 0 Å². The van der Waals surface area contributed by atoms with Gasteiger partial charge >= 0.3 is 0 Å². The first-order valence-corrected chi connectivity index (χ1v) is 5.96. The molecule has 0 saturated carbocycles. The average Bonchev–Trinajstić information content (AvgIpc) is 2.72. The van der Waals surface area contributed by atoms with Crippen LogP contribution in [0, 0.1) is 0 Å². The highest BCUT2D eigenvalue weighted by atomic mass is 35.5. The molecule has 5 heteroatoms. The molecular weight excluding hydrogens is 243 g/mol. The van der Waals surface area contributed by atoms with Crippen molar-refractivity contribution < 1.29 is 9.50 Å². The number of nitrogens with zero attached hydrogens (tertiary/aromatic N) is 1. The van der Waals surface area contributed by atoms with Crippen LogP contribution in [-0.4, -0.2) is 21.7 Å². The SMILES string of the molecule is OCc1cc2nc(Cl)cc(CCCCF)c2[nH]1. The van der Waals surface area contributed by atoms with Gasteiger partial charge in [-0.1, -0.05) is 11.6 Å². The van der Waals surface area contributed by atoms with Crippen LogP contribution in [0.25, 0.3) is 11.0 Å². The molecule has 0 aliphatic heterocycles. The first-order valence-electron chi connectivity index (χ1n) is 5.58. The monoisotopic (exact) mass is 256 g/mol. The van der Waals surface area contributed by atoms with E-state index >= 15 is 0 Å². The van der Waals surface area contributed by atoms with Crippen molar-refractivity contribution >= 4 is 22.6 Å². The molecule has 2 rings (SSSR count). The molecular formula is C12H14ClFN2O. The molecule has 0 radical (unpaired) electrons. The number of hydrogen-bond acceptors (Lipinski definition) is 2. The molecule has 17 heavy (non-hydrogen) atoms. The van der Waals surface area contributed by atoms with Crippen LogP contribution >= 0.6 is 11.6 Å². The molecule has 3 nitrogen and oxygen atoms in total. The van der Waals surface area contributed by atoms with Gasteiger partial charge in [0.05, 0.1) is 24.3 Å². The predicted octanol–water partition coefficient (Wildman–Crippen LogP) is 3.00. The lowest BCUT2D eigenvalue weighted by Crippen LogP contribution is -1.91. The van der Waals surface area contributed by atoms with Crippen LogP contribution in [0.5, 0.6) is 0 Å². The van der Waals surface area contributed by atoms with Crippen LogP contribution in [0.2, 0.25) is 5.15 Å². The maximum Gasteiger partial charge on any atom is 0.130 e. The van der Waals surface area contributed by atoms with Gasteiger partial charge in [0.25, 0.3) is 0 Å². The normalized spacial score (nSPS) is 11.2. The summed E-state index contributed by atoms with van der Waals surface area (Å²) >= 11 is 5.93. The van der Waals surface area contributed by atoms with Gasteiger partial charge in [-0.3, -0.25) is 4.39 Å². The standard InChI is InChI=1S/C12H14ClFN2O/c13-11-5-8(3-1-2-4-14)12-10(16-11)6-9(7-17)15-12/h5-6,15,17H,1-4,7H2. The average molecular weight is 257 g/mol. The molecule has 0 bridgehead atoms. The molecule has 2 heterocycles. The third-order valence-electron chi connectivity index (χ3n) is 2.69. The van der Waals surface area contributed by atoms with Crippen LogP contribution in [0.1, 0.15) is 24.1 Å². The smallest absolute Gasteiger partial charge is 0.130 e. The zero-order valence-corrected chi connectivity index (χ0v) is 10.1. The number of aromatic amines is 1. The molecule has 0 aliphatic carbocycles. The second-order valence-electron chi connectivity index (χ2n) is 3.96. The van der Waals surface area contributed by atoms with E-state index in [1.54, 1.807) is 12.1 Å². The van der Waals surface area contributed by atoms with Crippen LogP contribution in [-0.2, 0) is 13.0 Å². The number of nitrogens with one attached hydrogen (secondary N) is 1. The van der Waals surface area contributed by atoms with E-state index in [0.29, 0.717) is 17.3 Å². The number of aryl methyl sites for hydroxylation is 1. The van der Waals surface area contributed by atoms with Gasteiger partial charge in [-0.05, 0) is 37.0 Å². The summed E-state index contributed by atoms with van der Waals surface area (Å²) in [7, 11) is 0. The number of aliphatic hydroxyl groups is 1. The minimum Gasteiger partial charge on any atom is -0.390 e. The molecule has 2 N–H and O–H groups in total. The molecule has 0 saturated heterocycles. The van der Waals surface area contributed by atoms with Crippen LogP contribution in [0.3, 0.4) is 0 Å². The number of aliphatic hydroxyl groups excluding tert-OH is 1. The van der Waals surface area contributed by atoms with Crippen molar-refractivity contribution in [2.45, 2.75) is 25.9 Å². The number of unbranched alkanes of at least 4 members (excludes halogenated alkanes) is 1. The summed E-state index contributed by atoms with van der Waals surface area (Å²) in [5, 5.41) is 9.50. The highest BCUT2D eigenvalue weighted by molar-refractivity contribution is 6.29. The lowest BCUT2D eigenvalue weighted by atomic mass is 10.1. The topological polar surface area (TPSA) is 48.9 Å². The molecule has 0 fully saturated rings. The number of rotatable bonds is 5. The van der Waals surface area contributed by atoms with Crippen molar-refractivity contribution in [2.24, 2.45) is 0 Å². The van der Waals surface area contributed by atoms with Crippen LogP contribution in [0.4, 0.5) is 4.39 Å². The van der Waals surface area contributed by atoms with Crippen molar-refractivity contribution in [3.8, 4) is 0 Å². The van der Waals surface area contributed by atoms with Crippen molar-refractivity contribution in [1.82, 2.24) is 9.97 Å². The van der Waals surface area contributed by atoms with E-state index in [0.717, 1.165) is 29.4 Å². The zero-order valence-electron chi connectivity index (χ0n) is 9.34. The van der Waals surface area contributed by atoms with E-state index in [1.807, 2.05) is 0 Å². The molecule has 0 amide bonds. The lowest BCUT2D eigenvalue weighted by Gasteiger charge is -2.03. The van der Waals surface area contributed by atoms with E-state index < -0.39 is 0 Å². The van der Waals surface area contributed by atoms with Gasteiger partial charge in [0.15, 0.2) is 0 Å². The van der Waals surface area contributed by atoms with Gasteiger partial charge < -0.3 is 10.1 Å². The maximum absolute atomic E-state index is 12.1. The number of fused-ring (bicyclic) bond motifs is 1. The molecule has 0 unspecified atom stereocenters. The molecule has 0 atom stereocenters. The molecule has 0 aromatic carbocycles. The molecule has 0 spiro atoms. The Morgan fingerprint density at radius 2 is 2.18 bits per heavy atom. The minimum absolute atomic E-state index is 0.0576. The van der Waals surface area contributed by atoms with E-state index in [1.165, 1.54) is 0 Å². The fourth-order valence-corrected chi connectivity index (χ4v) is 2.11. The van der Waals surface area contributed by atoms with Gasteiger partial charge in [0.2, 0.25) is 0 Å². The highest BCUT2D eigenvalue weighted by Gasteiger charge is 2.08. The second-order valence-corrected chi connectivity index (χ2v) is 4.35. The van der Waals surface area contributed by atoms with E-state index in [-0.39, 0.29) is 13.3 Å². The Balaban J connectivity index is 2.34. The minimum atomic E-state index is -0.297. The molecule has 2 aromatic heterocycles. The summed E-state index contributed by atoms with van der Waals surface area (Å²) in [6.45, 7) is -0.355. The van der Waals surface area contributed by atoms with E-state index in [4.69, 9.17) is 16.7 Å². The fraction of sp³-hybridized carbons (Fsp3) is 0.417. The third kappa shape index (κ3) is 2.76. The summed E-state index contributed by atoms with van der Waals surface area (Å²) in [4.78, 5) is 7.29. The van der Waals surface area contributed by atoms with Crippen LogP contribution in [0.15, 0.2) is 12.1 Å². The summed E-state index contributed by atoms with van der Waals surface area (Å²) in [5.74, 6) is 0. The van der Waals surface area contributed by atoms with Crippen molar-refractivity contribution in [1.29, 1.82) is 0 Å².